The van der Waals surface area contributed by atoms with Gasteiger partial charge in [-0.05, 0) is 31.5 Å². The molecule has 1 fully saturated rings. The summed E-state index contributed by atoms with van der Waals surface area (Å²) in [5, 5.41) is 3.22. The zero-order chi connectivity index (χ0) is 15.2. The molecule has 0 atom stereocenters. The lowest BCUT2D eigenvalue weighted by Crippen LogP contribution is -2.30. The molecule has 3 N–H and O–H groups in total. The number of hydrogen-bond acceptors (Lipinski definition) is 6. The molecule has 22 heavy (non-hydrogen) atoms. The number of benzene rings is 1. The Morgan fingerprint density at radius 1 is 1.00 bits per heavy atom. The van der Waals surface area contributed by atoms with Crippen molar-refractivity contribution < 1.29 is 0 Å². The summed E-state index contributed by atoms with van der Waals surface area (Å²) in [4.78, 5) is 15.3. The van der Waals surface area contributed by atoms with Gasteiger partial charge in [0.25, 0.3) is 0 Å². The van der Waals surface area contributed by atoms with Gasteiger partial charge in [0.1, 0.15) is 5.82 Å². The van der Waals surface area contributed by atoms with Crippen LogP contribution < -0.4 is 11.1 Å². The number of piperidine rings is 1. The molecule has 6 nitrogen and oxygen atoms in total. The van der Waals surface area contributed by atoms with Crippen molar-refractivity contribution in [1.82, 2.24) is 19.9 Å². The van der Waals surface area contributed by atoms with E-state index in [0.717, 1.165) is 25.5 Å². The van der Waals surface area contributed by atoms with E-state index in [4.69, 9.17) is 5.73 Å². The Kier molecular flexibility index (Phi) is 4.80. The molecule has 0 amide bonds. The molecule has 2 aromatic rings. The van der Waals surface area contributed by atoms with E-state index in [1.165, 1.54) is 24.8 Å². The molecule has 0 bridgehead atoms. The van der Waals surface area contributed by atoms with Crippen molar-refractivity contribution in [3.8, 4) is 0 Å². The Bertz CT molecular complexity index is 595. The molecule has 0 aliphatic carbocycles. The number of rotatable bonds is 5. The molecule has 1 aromatic heterocycles. The molecule has 1 aliphatic heterocycles. The topological polar surface area (TPSA) is 80.0 Å². The van der Waals surface area contributed by atoms with Crippen LogP contribution in [-0.2, 0) is 13.1 Å². The van der Waals surface area contributed by atoms with Gasteiger partial charge in [0, 0.05) is 6.54 Å². The van der Waals surface area contributed by atoms with E-state index in [2.05, 4.69) is 37.3 Å². The number of nitrogen functional groups attached to an aromatic ring is 1. The van der Waals surface area contributed by atoms with E-state index in [9.17, 15) is 0 Å². The van der Waals surface area contributed by atoms with Crippen LogP contribution in [0.1, 0.15) is 30.7 Å². The Morgan fingerprint density at radius 3 is 2.55 bits per heavy atom. The summed E-state index contributed by atoms with van der Waals surface area (Å²) >= 11 is 0. The fraction of sp³-hybridized carbons (Fsp3) is 0.438. The molecule has 1 saturated heterocycles. The second-order valence-corrected chi connectivity index (χ2v) is 5.61. The fourth-order valence-electron chi connectivity index (χ4n) is 2.68. The van der Waals surface area contributed by atoms with Crippen LogP contribution in [0, 0.1) is 0 Å². The lowest BCUT2D eigenvalue weighted by molar-refractivity contribution is 0.216. The predicted octanol–water partition coefficient (Wildman–Crippen LogP) is 2.05. The Hall–Kier alpha value is -2.21. The minimum absolute atomic E-state index is 0.276. The van der Waals surface area contributed by atoms with Crippen molar-refractivity contribution in [1.29, 1.82) is 0 Å². The molecule has 6 heteroatoms. The number of likely N-dealkylation sites (tertiary alicyclic amines) is 1. The van der Waals surface area contributed by atoms with Gasteiger partial charge in [-0.25, -0.2) is 0 Å². The maximum Gasteiger partial charge on any atom is 0.228 e. The van der Waals surface area contributed by atoms with E-state index in [-0.39, 0.29) is 5.95 Å². The molecule has 0 saturated carbocycles. The first-order valence-corrected chi connectivity index (χ1v) is 7.80. The van der Waals surface area contributed by atoms with Crippen LogP contribution in [0.5, 0.6) is 0 Å². The first-order chi connectivity index (χ1) is 10.8. The summed E-state index contributed by atoms with van der Waals surface area (Å²) < 4.78 is 0. The average molecular weight is 298 g/mol. The molecule has 1 aromatic carbocycles. The van der Waals surface area contributed by atoms with E-state index >= 15 is 0 Å². The van der Waals surface area contributed by atoms with E-state index in [1.807, 2.05) is 18.2 Å². The minimum atomic E-state index is 0.276. The van der Waals surface area contributed by atoms with E-state index in [1.54, 1.807) is 0 Å². The monoisotopic (exact) mass is 298 g/mol. The highest BCUT2D eigenvalue weighted by Gasteiger charge is 2.13. The minimum Gasteiger partial charge on any atom is -0.368 e. The predicted molar refractivity (Wildman–Crippen MR) is 87.1 cm³/mol. The van der Waals surface area contributed by atoms with Crippen molar-refractivity contribution in [2.75, 3.05) is 24.1 Å². The second kappa shape index (κ2) is 7.17. The molecule has 0 radical (unpaired) electrons. The maximum absolute atomic E-state index is 5.81. The van der Waals surface area contributed by atoms with Gasteiger partial charge < -0.3 is 11.1 Å². The van der Waals surface area contributed by atoms with Gasteiger partial charge in [0.2, 0.25) is 11.9 Å². The van der Waals surface area contributed by atoms with Crippen molar-refractivity contribution >= 4 is 11.9 Å². The van der Waals surface area contributed by atoms with Crippen molar-refractivity contribution in [3.63, 3.8) is 0 Å². The van der Waals surface area contributed by atoms with Crippen LogP contribution in [0.3, 0.4) is 0 Å². The fourth-order valence-corrected chi connectivity index (χ4v) is 2.68. The zero-order valence-electron chi connectivity index (χ0n) is 12.7. The average Bonchev–Trinajstić information content (AvgIpc) is 2.54. The largest absolute Gasteiger partial charge is 0.368 e. The Morgan fingerprint density at radius 2 is 1.77 bits per heavy atom. The van der Waals surface area contributed by atoms with Crippen LogP contribution in [0.15, 0.2) is 30.3 Å². The number of hydrogen-bond donors (Lipinski definition) is 2. The van der Waals surface area contributed by atoms with Gasteiger partial charge in [-0.1, -0.05) is 36.8 Å². The number of anilines is 2. The van der Waals surface area contributed by atoms with Crippen LogP contribution in [0.2, 0.25) is 0 Å². The Balaban J connectivity index is 1.64. The van der Waals surface area contributed by atoms with Gasteiger partial charge in [0.05, 0.1) is 6.54 Å². The molecular formula is C16H22N6. The molecular weight excluding hydrogens is 276 g/mol. The normalized spacial score (nSPS) is 15.6. The number of nitrogens with two attached hydrogens (primary N) is 1. The molecule has 3 rings (SSSR count). The van der Waals surface area contributed by atoms with Crippen molar-refractivity contribution in [2.24, 2.45) is 0 Å². The molecule has 0 unspecified atom stereocenters. The van der Waals surface area contributed by atoms with Crippen molar-refractivity contribution in [3.05, 3.63) is 41.7 Å². The second-order valence-electron chi connectivity index (χ2n) is 5.61. The summed E-state index contributed by atoms with van der Waals surface area (Å²) in [7, 11) is 0. The highest BCUT2D eigenvalue weighted by atomic mass is 15.2. The van der Waals surface area contributed by atoms with Gasteiger partial charge in [-0.2, -0.15) is 15.0 Å². The molecule has 1 aliphatic rings. The maximum atomic E-state index is 5.81. The summed E-state index contributed by atoms with van der Waals surface area (Å²) in [6, 6.07) is 10.2. The summed E-state index contributed by atoms with van der Waals surface area (Å²) in [5.74, 6) is 1.56. The third-order valence-electron chi connectivity index (χ3n) is 3.81. The van der Waals surface area contributed by atoms with Gasteiger partial charge >= 0.3 is 0 Å². The smallest absolute Gasteiger partial charge is 0.228 e. The highest BCUT2D eigenvalue weighted by molar-refractivity contribution is 5.32. The first kappa shape index (κ1) is 14.7. The summed E-state index contributed by atoms with van der Waals surface area (Å²) in [6.45, 7) is 3.64. The lowest BCUT2D eigenvalue weighted by Gasteiger charge is -2.25. The molecule has 2 heterocycles. The van der Waals surface area contributed by atoms with Gasteiger partial charge in [-0.3, -0.25) is 4.90 Å². The first-order valence-electron chi connectivity index (χ1n) is 7.80. The molecule has 116 valence electrons. The van der Waals surface area contributed by atoms with Crippen molar-refractivity contribution in [2.45, 2.75) is 32.4 Å². The third kappa shape index (κ3) is 4.14. The van der Waals surface area contributed by atoms with Gasteiger partial charge in [0.15, 0.2) is 0 Å². The third-order valence-corrected chi connectivity index (χ3v) is 3.81. The number of nitrogens with one attached hydrogen (secondary N) is 1. The number of aromatic nitrogens is 3. The standard InChI is InChI=1S/C16H22N6/c17-15-19-14(12-22-9-5-2-6-10-22)20-16(21-15)18-11-13-7-3-1-4-8-13/h1,3-4,7-8H,2,5-6,9-12H2,(H3,17,18,19,20,21). The Labute approximate surface area is 130 Å². The zero-order valence-corrected chi connectivity index (χ0v) is 12.7. The molecule has 0 spiro atoms. The SMILES string of the molecule is Nc1nc(CN2CCCCC2)nc(NCc2ccccc2)n1. The van der Waals surface area contributed by atoms with Crippen LogP contribution in [0.25, 0.3) is 0 Å². The number of nitrogens with zero attached hydrogens (tertiary/aromatic N) is 4. The summed E-state index contributed by atoms with van der Waals surface area (Å²) in [6.07, 6.45) is 3.82. The van der Waals surface area contributed by atoms with Gasteiger partial charge in [-0.15, -0.1) is 0 Å². The van der Waals surface area contributed by atoms with E-state index in [0.29, 0.717) is 12.5 Å². The summed E-state index contributed by atoms with van der Waals surface area (Å²) in [5.41, 5.74) is 6.99. The van der Waals surface area contributed by atoms with Crippen LogP contribution >= 0.6 is 0 Å². The van der Waals surface area contributed by atoms with Crippen LogP contribution in [0.4, 0.5) is 11.9 Å². The highest BCUT2D eigenvalue weighted by Crippen LogP contribution is 2.12. The van der Waals surface area contributed by atoms with Crippen LogP contribution in [-0.4, -0.2) is 32.9 Å². The van der Waals surface area contributed by atoms with E-state index < -0.39 is 0 Å². The lowest BCUT2D eigenvalue weighted by atomic mass is 10.1. The quantitative estimate of drug-likeness (QED) is 0.879.